The SMILES string of the molecule is CC(C)(NC(=O)c1cccc(C(=O)O)c1)C1CC1. The molecule has 0 radical (unpaired) electrons. The third-order valence-electron chi connectivity index (χ3n) is 3.41. The summed E-state index contributed by atoms with van der Waals surface area (Å²) in [5, 5.41) is 11.9. The van der Waals surface area contributed by atoms with Crippen molar-refractivity contribution < 1.29 is 14.7 Å². The molecule has 0 bridgehead atoms. The first-order chi connectivity index (χ1) is 8.40. The number of hydrogen-bond acceptors (Lipinski definition) is 2. The van der Waals surface area contributed by atoms with Gasteiger partial charge < -0.3 is 10.4 Å². The lowest BCUT2D eigenvalue weighted by Gasteiger charge is -2.26. The molecule has 0 spiro atoms. The first kappa shape index (κ1) is 12.6. The second-order valence-electron chi connectivity index (χ2n) is 5.34. The minimum atomic E-state index is -1.02. The van der Waals surface area contributed by atoms with Gasteiger partial charge in [-0.25, -0.2) is 4.79 Å². The predicted octanol–water partition coefficient (Wildman–Crippen LogP) is 2.30. The molecule has 0 aliphatic heterocycles. The Morgan fingerprint density at radius 1 is 1.28 bits per heavy atom. The first-order valence-electron chi connectivity index (χ1n) is 6.06. The van der Waals surface area contributed by atoms with E-state index in [1.807, 2.05) is 13.8 Å². The van der Waals surface area contributed by atoms with E-state index in [2.05, 4.69) is 5.32 Å². The molecule has 2 rings (SSSR count). The van der Waals surface area contributed by atoms with Crippen LogP contribution in [0.4, 0.5) is 0 Å². The average Bonchev–Trinajstić information content (AvgIpc) is 3.12. The van der Waals surface area contributed by atoms with Crippen molar-refractivity contribution in [2.75, 3.05) is 0 Å². The molecule has 18 heavy (non-hydrogen) atoms. The number of aromatic carboxylic acids is 1. The summed E-state index contributed by atoms with van der Waals surface area (Å²) in [5.74, 6) is -0.704. The lowest BCUT2D eigenvalue weighted by atomic mass is 9.98. The molecule has 1 aliphatic carbocycles. The second-order valence-corrected chi connectivity index (χ2v) is 5.34. The van der Waals surface area contributed by atoms with Gasteiger partial charge in [0.15, 0.2) is 0 Å². The third-order valence-corrected chi connectivity index (χ3v) is 3.41. The molecule has 1 aromatic rings. The van der Waals surface area contributed by atoms with Crippen LogP contribution >= 0.6 is 0 Å². The van der Waals surface area contributed by atoms with Crippen molar-refractivity contribution >= 4 is 11.9 Å². The van der Waals surface area contributed by atoms with Gasteiger partial charge in [-0.1, -0.05) is 6.07 Å². The number of rotatable bonds is 4. The molecule has 0 unspecified atom stereocenters. The molecule has 1 fully saturated rings. The minimum Gasteiger partial charge on any atom is -0.478 e. The van der Waals surface area contributed by atoms with E-state index in [-0.39, 0.29) is 17.0 Å². The molecule has 0 aromatic heterocycles. The van der Waals surface area contributed by atoms with Gasteiger partial charge in [0.25, 0.3) is 5.91 Å². The largest absolute Gasteiger partial charge is 0.478 e. The Hall–Kier alpha value is -1.84. The molecule has 1 saturated carbocycles. The van der Waals surface area contributed by atoms with Gasteiger partial charge in [-0.2, -0.15) is 0 Å². The fraction of sp³-hybridized carbons (Fsp3) is 0.429. The Bertz CT molecular complexity index is 490. The van der Waals surface area contributed by atoms with E-state index in [4.69, 9.17) is 5.11 Å². The molecule has 4 nitrogen and oxygen atoms in total. The zero-order valence-electron chi connectivity index (χ0n) is 10.6. The van der Waals surface area contributed by atoms with E-state index in [1.165, 1.54) is 12.1 Å². The summed E-state index contributed by atoms with van der Waals surface area (Å²) in [6.45, 7) is 4.01. The highest BCUT2D eigenvalue weighted by molar-refractivity contribution is 5.97. The zero-order valence-corrected chi connectivity index (χ0v) is 10.6. The number of carbonyl (C=O) groups excluding carboxylic acids is 1. The molecule has 1 amide bonds. The maximum absolute atomic E-state index is 12.1. The number of nitrogens with one attached hydrogen (secondary N) is 1. The molecule has 2 N–H and O–H groups in total. The lowest BCUT2D eigenvalue weighted by Crippen LogP contribution is -2.45. The fourth-order valence-corrected chi connectivity index (χ4v) is 2.07. The fourth-order valence-electron chi connectivity index (χ4n) is 2.07. The van der Waals surface area contributed by atoms with Gasteiger partial charge in [-0.3, -0.25) is 4.79 Å². The number of hydrogen-bond donors (Lipinski definition) is 2. The van der Waals surface area contributed by atoms with Gasteiger partial charge in [0, 0.05) is 11.1 Å². The summed E-state index contributed by atoms with van der Waals surface area (Å²) in [7, 11) is 0. The Kier molecular flexibility index (Phi) is 3.11. The minimum absolute atomic E-state index is 0.131. The van der Waals surface area contributed by atoms with Crippen LogP contribution in [0.2, 0.25) is 0 Å². The molecule has 1 aliphatic rings. The lowest BCUT2D eigenvalue weighted by molar-refractivity contribution is 0.0697. The van der Waals surface area contributed by atoms with Gasteiger partial charge >= 0.3 is 5.97 Å². The predicted molar refractivity (Wildman–Crippen MR) is 67.7 cm³/mol. The van der Waals surface area contributed by atoms with Crippen molar-refractivity contribution in [3.05, 3.63) is 35.4 Å². The van der Waals surface area contributed by atoms with E-state index in [1.54, 1.807) is 12.1 Å². The van der Waals surface area contributed by atoms with Crippen molar-refractivity contribution in [3.8, 4) is 0 Å². The molecule has 0 heterocycles. The summed E-state index contributed by atoms with van der Waals surface area (Å²) in [6, 6.07) is 6.10. The average molecular weight is 247 g/mol. The van der Waals surface area contributed by atoms with E-state index in [0.717, 1.165) is 12.8 Å². The van der Waals surface area contributed by atoms with Crippen LogP contribution in [0.5, 0.6) is 0 Å². The molecular formula is C14H17NO3. The second kappa shape index (κ2) is 4.44. The standard InChI is InChI=1S/C14H17NO3/c1-14(2,11-6-7-11)15-12(16)9-4-3-5-10(8-9)13(17)18/h3-5,8,11H,6-7H2,1-2H3,(H,15,16)(H,17,18). The van der Waals surface area contributed by atoms with Crippen LogP contribution in [0, 0.1) is 5.92 Å². The number of carboxylic acids is 1. The summed E-state index contributed by atoms with van der Waals surface area (Å²) in [5.41, 5.74) is 0.298. The zero-order chi connectivity index (χ0) is 13.3. The van der Waals surface area contributed by atoms with Gasteiger partial charge in [-0.05, 0) is 50.8 Å². The first-order valence-corrected chi connectivity index (χ1v) is 6.06. The van der Waals surface area contributed by atoms with Crippen LogP contribution < -0.4 is 5.32 Å². The highest BCUT2D eigenvalue weighted by Crippen LogP contribution is 2.39. The highest BCUT2D eigenvalue weighted by atomic mass is 16.4. The number of carboxylic acid groups (broad SMARTS) is 1. The van der Waals surface area contributed by atoms with Crippen LogP contribution in [-0.4, -0.2) is 22.5 Å². The molecule has 1 aromatic carbocycles. The maximum Gasteiger partial charge on any atom is 0.335 e. The summed E-state index contributed by atoms with van der Waals surface area (Å²) < 4.78 is 0. The Labute approximate surface area is 106 Å². The number of amides is 1. The molecule has 96 valence electrons. The topological polar surface area (TPSA) is 66.4 Å². The number of carbonyl (C=O) groups is 2. The summed E-state index contributed by atoms with van der Waals surface area (Å²) >= 11 is 0. The van der Waals surface area contributed by atoms with E-state index in [0.29, 0.717) is 11.5 Å². The van der Waals surface area contributed by atoms with Crippen LogP contribution in [0.3, 0.4) is 0 Å². The summed E-state index contributed by atoms with van der Waals surface area (Å²) in [4.78, 5) is 22.9. The van der Waals surface area contributed by atoms with Crippen LogP contribution in [0.1, 0.15) is 47.4 Å². The van der Waals surface area contributed by atoms with Crippen LogP contribution in [0.25, 0.3) is 0 Å². The van der Waals surface area contributed by atoms with E-state index >= 15 is 0 Å². The van der Waals surface area contributed by atoms with Gasteiger partial charge in [0.1, 0.15) is 0 Å². The van der Waals surface area contributed by atoms with Gasteiger partial charge in [0.2, 0.25) is 0 Å². The van der Waals surface area contributed by atoms with E-state index in [9.17, 15) is 9.59 Å². The van der Waals surface area contributed by atoms with Crippen LogP contribution in [-0.2, 0) is 0 Å². The van der Waals surface area contributed by atoms with Crippen molar-refractivity contribution in [1.82, 2.24) is 5.32 Å². The third kappa shape index (κ3) is 2.70. The molecule has 0 atom stereocenters. The summed E-state index contributed by atoms with van der Waals surface area (Å²) in [6.07, 6.45) is 2.28. The monoisotopic (exact) mass is 247 g/mol. The maximum atomic E-state index is 12.1. The van der Waals surface area contributed by atoms with Gasteiger partial charge in [0.05, 0.1) is 5.56 Å². The Balaban J connectivity index is 2.13. The van der Waals surface area contributed by atoms with E-state index < -0.39 is 5.97 Å². The smallest absolute Gasteiger partial charge is 0.335 e. The van der Waals surface area contributed by atoms with Gasteiger partial charge in [-0.15, -0.1) is 0 Å². The normalized spacial score (nSPS) is 15.2. The van der Waals surface area contributed by atoms with Crippen LogP contribution in [0.15, 0.2) is 24.3 Å². The molecule has 0 saturated heterocycles. The molecular weight excluding hydrogens is 230 g/mol. The number of benzene rings is 1. The van der Waals surface area contributed by atoms with Crippen molar-refractivity contribution in [1.29, 1.82) is 0 Å². The van der Waals surface area contributed by atoms with Crippen molar-refractivity contribution in [3.63, 3.8) is 0 Å². The Morgan fingerprint density at radius 2 is 1.89 bits per heavy atom. The highest BCUT2D eigenvalue weighted by Gasteiger charge is 2.38. The molecule has 4 heteroatoms. The quantitative estimate of drug-likeness (QED) is 0.858. The Morgan fingerprint density at radius 3 is 2.44 bits per heavy atom. The van der Waals surface area contributed by atoms with Crippen molar-refractivity contribution in [2.45, 2.75) is 32.2 Å². The van der Waals surface area contributed by atoms with Crippen molar-refractivity contribution in [2.24, 2.45) is 5.92 Å².